The zero-order chi connectivity index (χ0) is 22.0. The Morgan fingerprint density at radius 3 is 2.53 bits per heavy atom. The van der Waals surface area contributed by atoms with Gasteiger partial charge in [-0.3, -0.25) is 4.79 Å². The molecule has 1 aromatic heterocycles. The van der Waals surface area contributed by atoms with E-state index in [-0.39, 0.29) is 42.1 Å². The number of benzene rings is 2. The van der Waals surface area contributed by atoms with Gasteiger partial charge in [0, 0.05) is 31.3 Å². The number of rotatable bonds is 4. The first kappa shape index (κ1) is 23.6. The number of aromatic nitrogens is 1. The van der Waals surface area contributed by atoms with E-state index in [0.717, 1.165) is 18.1 Å². The van der Waals surface area contributed by atoms with Gasteiger partial charge in [0.1, 0.15) is 11.4 Å². The zero-order valence-electron chi connectivity index (χ0n) is 16.9. The number of amides is 1. The number of pyridine rings is 1. The van der Waals surface area contributed by atoms with E-state index in [9.17, 15) is 18.0 Å². The van der Waals surface area contributed by atoms with Gasteiger partial charge in [0.15, 0.2) is 0 Å². The topological polar surface area (TPSA) is 68.5 Å². The van der Waals surface area contributed by atoms with Crippen molar-refractivity contribution in [3.63, 3.8) is 0 Å². The minimum atomic E-state index is -4.62. The summed E-state index contributed by atoms with van der Waals surface area (Å²) in [5, 5.41) is 0. The van der Waals surface area contributed by atoms with Crippen LogP contribution in [0.4, 0.5) is 13.2 Å². The Hall–Kier alpha value is -3.10. The summed E-state index contributed by atoms with van der Waals surface area (Å²) >= 11 is 0. The zero-order valence-corrected chi connectivity index (χ0v) is 17.7. The Morgan fingerprint density at radius 2 is 1.81 bits per heavy atom. The monoisotopic (exact) mass is 463 g/mol. The Bertz CT molecular complexity index is 1120. The molecule has 2 N–H and O–H groups in total. The Kier molecular flexibility index (Phi) is 7.06. The van der Waals surface area contributed by atoms with Crippen LogP contribution in [-0.4, -0.2) is 22.3 Å². The van der Waals surface area contributed by atoms with E-state index in [1.165, 1.54) is 17.7 Å². The van der Waals surface area contributed by atoms with Crippen molar-refractivity contribution in [3.05, 3.63) is 88.6 Å². The van der Waals surface area contributed by atoms with E-state index >= 15 is 0 Å². The lowest BCUT2D eigenvalue weighted by Crippen LogP contribution is -2.35. The number of carbonyl (C=O) groups is 1. The van der Waals surface area contributed by atoms with Gasteiger partial charge in [0.05, 0.1) is 0 Å². The second-order valence-electron chi connectivity index (χ2n) is 7.28. The minimum absolute atomic E-state index is 0. The molecule has 2 heterocycles. The van der Waals surface area contributed by atoms with Gasteiger partial charge in [-0.15, -0.1) is 12.4 Å². The van der Waals surface area contributed by atoms with Crippen molar-refractivity contribution in [3.8, 4) is 11.6 Å². The van der Waals surface area contributed by atoms with Crippen molar-refractivity contribution in [2.24, 2.45) is 5.73 Å². The average molecular weight is 464 g/mol. The van der Waals surface area contributed by atoms with Gasteiger partial charge in [-0.25, -0.2) is 4.98 Å². The molecule has 0 saturated heterocycles. The first-order chi connectivity index (χ1) is 14.8. The van der Waals surface area contributed by atoms with Gasteiger partial charge in [0.25, 0.3) is 5.91 Å². The van der Waals surface area contributed by atoms with Crippen LogP contribution in [0.15, 0.2) is 60.7 Å². The third kappa shape index (κ3) is 5.20. The molecule has 1 aliphatic heterocycles. The molecule has 0 aliphatic carbocycles. The molecule has 9 heteroatoms. The van der Waals surface area contributed by atoms with Crippen molar-refractivity contribution in [2.75, 3.05) is 6.54 Å². The van der Waals surface area contributed by atoms with Crippen molar-refractivity contribution in [1.29, 1.82) is 0 Å². The number of halogens is 4. The molecule has 0 spiro atoms. The molecular formula is C23H21ClF3N3O2. The number of hydrogen-bond acceptors (Lipinski definition) is 4. The summed E-state index contributed by atoms with van der Waals surface area (Å²) in [4.78, 5) is 18.3. The molecule has 0 saturated carbocycles. The van der Waals surface area contributed by atoms with Crippen molar-refractivity contribution >= 4 is 18.3 Å². The third-order valence-corrected chi connectivity index (χ3v) is 5.11. The van der Waals surface area contributed by atoms with E-state index in [1.54, 1.807) is 23.1 Å². The van der Waals surface area contributed by atoms with Gasteiger partial charge in [-0.1, -0.05) is 30.3 Å². The molecule has 32 heavy (non-hydrogen) atoms. The van der Waals surface area contributed by atoms with Crippen LogP contribution in [0.25, 0.3) is 0 Å². The first-order valence-electron chi connectivity index (χ1n) is 9.75. The summed E-state index contributed by atoms with van der Waals surface area (Å²) in [6.45, 7) is 1.02. The fraction of sp³-hybridized carbons (Fsp3) is 0.217. The van der Waals surface area contributed by atoms with Crippen LogP contribution in [0.2, 0.25) is 0 Å². The Labute approximate surface area is 189 Å². The van der Waals surface area contributed by atoms with Crippen LogP contribution in [0.5, 0.6) is 11.6 Å². The molecule has 168 valence electrons. The molecule has 0 fully saturated rings. The normalized spacial score (nSPS) is 13.2. The summed E-state index contributed by atoms with van der Waals surface area (Å²) in [6, 6.07) is 16.6. The standard InChI is InChI=1S/C23H20F3N3O2.ClH/c24-23(25,26)20-10-15(13-27)11-21(28-20)31-19-7-3-6-17(12-19)22(30)29-9-8-16-4-1-2-5-18(16)14-29;/h1-7,10-12H,8-9,13-14,27H2;1H. The van der Waals surface area contributed by atoms with Crippen LogP contribution in [0.1, 0.15) is 32.7 Å². The summed E-state index contributed by atoms with van der Waals surface area (Å²) in [7, 11) is 0. The van der Waals surface area contributed by atoms with Gasteiger partial charge < -0.3 is 15.4 Å². The molecule has 2 aromatic carbocycles. The highest BCUT2D eigenvalue weighted by Crippen LogP contribution is 2.31. The smallest absolute Gasteiger partial charge is 0.433 e. The highest BCUT2D eigenvalue weighted by molar-refractivity contribution is 5.94. The molecule has 0 atom stereocenters. The van der Waals surface area contributed by atoms with Crippen LogP contribution in [0.3, 0.4) is 0 Å². The average Bonchev–Trinajstić information content (AvgIpc) is 2.77. The van der Waals surface area contributed by atoms with Crippen molar-refractivity contribution in [2.45, 2.75) is 25.7 Å². The number of ether oxygens (including phenoxy) is 1. The number of nitrogens with zero attached hydrogens (tertiary/aromatic N) is 2. The quantitative estimate of drug-likeness (QED) is 0.593. The van der Waals surface area contributed by atoms with Crippen molar-refractivity contribution < 1.29 is 22.7 Å². The predicted molar refractivity (Wildman–Crippen MR) is 116 cm³/mol. The fourth-order valence-corrected chi connectivity index (χ4v) is 3.54. The van der Waals surface area contributed by atoms with Gasteiger partial charge in [-0.2, -0.15) is 13.2 Å². The Balaban J connectivity index is 0.00000289. The van der Waals surface area contributed by atoms with E-state index in [4.69, 9.17) is 10.5 Å². The maximum atomic E-state index is 13.1. The SMILES string of the molecule is Cl.NCc1cc(Oc2cccc(C(=O)N3CCc4ccccc4C3)c2)nc(C(F)(F)F)c1. The molecule has 0 radical (unpaired) electrons. The summed E-state index contributed by atoms with van der Waals surface area (Å²) in [5.41, 5.74) is 7.40. The molecule has 3 aromatic rings. The Morgan fingerprint density at radius 1 is 1.06 bits per heavy atom. The number of hydrogen-bond donors (Lipinski definition) is 1. The van der Waals surface area contributed by atoms with E-state index in [2.05, 4.69) is 11.1 Å². The lowest BCUT2D eigenvalue weighted by Gasteiger charge is -2.29. The largest absolute Gasteiger partial charge is 0.439 e. The number of carbonyl (C=O) groups excluding carboxylic acids is 1. The highest BCUT2D eigenvalue weighted by atomic mass is 35.5. The molecule has 4 rings (SSSR count). The third-order valence-electron chi connectivity index (χ3n) is 5.11. The minimum Gasteiger partial charge on any atom is -0.439 e. The number of fused-ring (bicyclic) bond motifs is 1. The molecular weight excluding hydrogens is 443 g/mol. The number of alkyl halides is 3. The van der Waals surface area contributed by atoms with Crippen LogP contribution in [0, 0.1) is 0 Å². The second kappa shape index (κ2) is 9.58. The molecule has 5 nitrogen and oxygen atoms in total. The van der Waals surface area contributed by atoms with E-state index in [0.29, 0.717) is 18.7 Å². The van der Waals surface area contributed by atoms with E-state index < -0.39 is 11.9 Å². The molecule has 0 unspecified atom stereocenters. The summed E-state index contributed by atoms with van der Waals surface area (Å²) < 4.78 is 44.8. The number of nitrogens with two attached hydrogens (primary N) is 1. The first-order valence-corrected chi connectivity index (χ1v) is 9.75. The van der Waals surface area contributed by atoms with Crippen LogP contribution in [-0.2, 0) is 25.7 Å². The fourth-order valence-electron chi connectivity index (χ4n) is 3.54. The van der Waals surface area contributed by atoms with E-state index in [1.807, 2.05) is 18.2 Å². The lowest BCUT2D eigenvalue weighted by atomic mass is 9.99. The lowest BCUT2D eigenvalue weighted by molar-refractivity contribution is -0.141. The summed E-state index contributed by atoms with van der Waals surface area (Å²) in [5.74, 6) is -0.176. The predicted octanol–water partition coefficient (Wildman–Crippen LogP) is 4.97. The second-order valence-corrected chi connectivity index (χ2v) is 7.28. The highest BCUT2D eigenvalue weighted by Gasteiger charge is 2.33. The van der Waals surface area contributed by atoms with Crippen LogP contribution < -0.4 is 10.5 Å². The maximum Gasteiger partial charge on any atom is 0.433 e. The molecule has 1 aliphatic rings. The molecule has 0 bridgehead atoms. The summed E-state index contributed by atoms with van der Waals surface area (Å²) in [6.07, 6.45) is -3.85. The van der Waals surface area contributed by atoms with Gasteiger partial charge in [0.2, 0.25) is 5.88 Å². The van der Waals surface area contributed by atoms with Gasteiger partial charge >= 0.3 is 6.18 Å². The molecule has 1 amide bonds. The van der Waals surface area contributed by atoms with Crippen molar-refractivity contribution in [1.82, 2.24) is 9.88 Å². The van der Waals surface area contributed by atoms with Crippen LogP contribution >= 0.6 is 12.4 Å². The van der Waals surface area contributed by atoms with Gasteiger partial charge in [-0.05, 0) is 47.4 Å². The maximum absolute atomic E-state index is 13.1.